The van der Waals surface area contributed by atoms with Crippen LogP contribution in [0.25, 0.3) is 0 Å². The molecule has 1 fully saturated rings. The molecule has 0 aromatic carbocycles. The maximum absolute atomic E-state index is 12.1. The molecule has 106 valence electrons. The average Bonchev–Trinajstić information content (AvgIpc) is 2.79. The zero-order valence-electron chi connectivity index (χ0n) is 11.7. The van der Waals surface area contributed by atoms with Gasteiger partial charge in [-0.3, -0.25) is 4.79 Å². The fourth-order valence-electron chi connectivity index (χ4n) is 2.07. The molecule has 0 aliphatic heterocycles. The number of hydrogen-bond donors (Lipinski definition) is 2. The monoisotopic (exact) mass is 291 g/mol. The normalized spacial score (nSPS) is 21.8. The van der Waals surface area contributed by atoms with E-state index in [1.54, 1.807) is 12.5 Å². The molecule has 0 radical (unpaired) electrons. The van der Waals surface area contributed by atoms with E-state index in [1.807, 2.05) is 0 Å². The Labute approximate surface area is 121 Å². The van der Waals surface area contributed by atoms with Crippen LogP contribution in [-0.4, -0.2) is 25.2 Å². The Bertz CT molecular complexity index is 613. The molecule has 2 atom stereocenters. The number of imidazole rings is 1. The predicted molar refractivity (Wildman–Crippen MR) is 76.7 cm³/mol. The molecule has 0 bridgehead atoms. The van der Waals surface area contributed by atoms with Gasteiger partial charge in [0.05, 0.1) is 6.33 Å². The number of carbonyl (C=O) groups excluding carboxylic acids is 1. The minimum atomic E-state index is -0.0997. The van der Waals surface area contributed by atoms with Crippen LogP contribution in [-0.2, 0) is 10.2 Å². The van der Waals surface area contributed by atoms with E-state index in [4.69, 9.17) is 0 Å². The van der Waals surface area contributed by atoms with E-state index in [1.165, 1.54) is 11.5 Å². The molecule has 1 amide bonds. The third-order valence-corrected chi connectivity index (χ3v) is 4.00. The molecular formula is C13H17N5OS. The van der Waals surface area contributed by atoms with Crippen molar-refractivity contribution < 1.29 is 4.79 Å². The number of aromatic nitrogens is 4. The molecule has 20 heavy (non-hydrogen) atoms. The summed E-state index contributed by atoms with van der Waals surface area (Å²) in [6.45, 7) is 6.15. The summed E-state index contributed by atoms with van der Waals surface area (Å²) in [6.07, 6.45) is 4.28. The van der Waals surface area contributed by atoms with Crippen molar-refractivity contribution in [2.45, 2.75) is 38.5 Å². The van der Waals surface area contributed by atoms with Crippen LogP contribution in [0.15, 0.2) is 12.5 Å². The maximum Gasteiger partial charge on any atom is 0.230 e. The third-order valence-electron chi connectivity index (χ3n) is 3.37. The van der Waals surface area contributed by atoms with Gasteiger partial charge in [-0.05, 0) is 6.42 Å². The number of aromatic amines is 1. The summed E-state index contributed by atoms with van der Waals surface area (Å²) in [5.41, 5.74) is 0.926. The molecule has 1 saturated carbocycles. The first-order chi connectivity index (χ1) is 9.45. The van der Waals surface area contributed by atoms with E-state index in [0.717, 1.165) is 17.9 Å². The van der Waals surface area contributed by atoms with Crippen molar-refractivity contribution in [3.8, 4) is 0 Å². The van der Waals surface area contributed by atoms with Crippen molar-refractivity contribution >= 4 is 22.6 Å². The first-order valence-electron chi connectivity index (χ1n) is 6.58. The van der Waals surface area contributed by atoms with Gasteiger partial charge in [0.2, 0.25) is 11.0 Å². The number of carbonyl (C=O) groups is 1. The molecule has 0 spiro atoms. The third kappa shape index (κ3) is 2.58. The van der Waals surface area contributed by atoms with Gasteiger partial charge in [-0.1, -0.05) is 20.8 Å². The van der Waals surface area contributed by atoms with E-state index < -0.39 is 0 Å². The highest BCUT2D eigenvalue weighted by atomic mass is 32.1. The number of H-pyrrole nitrogens is 1. The Hall–Kier alpha value is -1.76. The lowest BCUT2D eigenvalue weighted by Gasteiger charge is -2.12. The molecule has 2 heterocycles. The summed E-state index contributed by atoms with van der Waals surface area (Å²) in [4.78, 5) is 23.5. The minimum Gasteiger partial charge on any atom is -0.348 e. The van der Waals surface area contributed by atoms with Gasteiger partial charge in [0, 0.05) is 40.7 Å². The Morgan fingerprint density at radius 2 is 2.30 bits per heavy atom. The van der Waals surface area contributed by atoms with Gasteiger partial charge in [0.25, 0.3) is 0 Å². The highest BCUT2D eigenvalue weighted by molar-refractivity contribution is 7.09. The maximum atomic E-state index is 12.1. The average molecular weight is 291 g/mol. The number of anilines is 1. The molecule has 1 aliphatic rings. The molecule has 7 heteroatoms. The van der Waals surface area contributed by atoms with Crippen LogP contribution in [0.3, 0.4) is 0 Å². The fourth-order valence-corrected chi connectivity index (χ4v) is 2.84. The Balaban J connectivity index is 1.62. The summed E-state index contributed by atoms with van der Waals surface area (Å²) in [5, 5.41) is 3.44. The van der Waals surface area contributed by atoms with Crippen molar-refractivity contribution in [1.82, 2.24) is 19.3 Å². The van der Waals surface area contributed by atoms with Gasteiger partial charge in [0.1, 0.15) is 5.82 Å². The van der Waals surface area contributed by atoms with Gasteiger partial charge >= 0.3 is 0 Å². The van der Waals surface area contributed by atoms with Crippen molar-refractivity contribution in [1.29, 1.82) is 0 Å². The highest BCUT2D eigenvalue weighted by Crippen LogP contribution is 2.47. The minimum absolute atomic E-state index is 0.0115. The topological polar surface area (TPSA) is 83.6 Å². The molecule has 0 saturated heterocycles. The van der Waals surface area contributed by atoms with Crippen LogP contribution in [0, 0.1) is 5.92 Å². The number of amides is 1. The van der Waals surface area contributed by atoms with Crippen LogP contribution in [0.4, 0.5) is 5.13 Å². The van der Waals surface area contributed by atoms with E-state index in [-0.39, 0.29) is 23.2 Å². The van der Waals surface area contributed by atoms with Crippen LogP contribution in [0.5, 0.6) is 0 Å². The molecule has 0 unspecified atom stereocenters. The van der Waals surface area contributed by atoms with Crippen LogP contribution < -0.4 is 5.32 Å². The number of rotatable bonds is 3. The second-order valence-corrected chi connectivity index (χ2v) is 6.87. The lowest BCUT2D eigenvalue weighted by molar-refractivity contribution is -0.117. The summed E-state index contributed by atoms with van der Waals surface area (Å²) in [6, 6.07) is 0. The van der Waals surface area contributed by atoms with Crippen molar-refractivity contribution in [2.24, 2.45) is 5.92 Å². The predicted octanol–water partition coefficient (Wildman–Crippen LogP) is 2.30. The van der Waals surface area contributed by atoms with Gasteiger partial charge in [-0.15, -0.1) is 0 Å². The highest BCUT2D eigenvalue weighted by Gasteiger charge is 2.45. The standard InChI is InChI=1S/C13H17N5OS/c1-13(2,3)11-17-12(20-18-11)16-10(19)8-4-7(8)9-5-14-6-15-9/h5-8H,4H2,1-3H3,(H,14,15)(H,16,17,18,19)/t7-,8-/m1/s1. The molecule has 2 N–H and O–H groups in total. The Kier molecular flexibility index (Phi) is 3.08. The lowest BCUT2D eigenvalue weighted by Crippen LogP contribution is -2.16. The van der Waals surface area contributed by atoms with Crippen molar-refractivity contribution in [2.75, 3.05) is 5.32 Å². The molecule has 3 rings (SSSR count). The zero-order chi connectivity index (χ0) is 14.3. The van der Waals surface area contributed by atoms with E-state index in [0.29, 0.717) is 5.13 Å². The number of nitrogens with one attached hydrogen (secondary N) is 2. The number of nitrogens with zero attached hydrogens (tertiary/aromatic N) is 3. The smallest absolute Gasteiger partial charge is 0.230 e. The summed E-state index contributed by atoms with van der Waals surface area (Å²) in [7, 11) is 0. The van der Waals surface area contributed by atoms with Gasteiger partial charge in [0.15, 0.2) is 0 Å². The lowest BCUT2D eigenvalue weighted by atomic mass is 9.96. The van der Waals surface area contributed by atoms with E-state index >= 15 is 0 Å². The Morgan fingerprint density at radius 3 is 2.90 bits per heavy atom. The summed E-state index contributed by atoms with van der Waals surface area (Å²) < 4.78 is 4.29. The quantitative estimate of drug-likeness (QED) is 0.909. The summed E-state index contributed by atoms with van der Waals surface area (Å²) >= 11 is 1.24. The van der Waals surface area contributed by atoms with Crippen molar-refractivity contribution in [3.05, 3.63) is 24.0 Å². The second kappa shape index (κ2) is 4.66. The molecule has 2 aromatic heterocycles. The first kappa shape index (κ1) is 13.2. The number of hydrogen-bond acceptors (Lipinski definition) is 5. The van der Waals surface area contributed by atoms with Gasteiger partial charge < -0.3 is 10.3 Å². The fraction of sp³-hybridized carbons (Fsp3) is 0.538. The van der Waals surface area contributed by atoms with Crippen LogP contribution >= 0.6 is 11.5 Å². The van der Waals surface area contributed by atoms with E-state index in [2.05, 4.69) is 45.4 Å². The molecule has 6 nitrogen and oxygen atoms in total. The van der Waals surface area contributed by atoms with Crippen molar-refractivity contribution in [3.63, 3.8) is 0 Å². The first-order valence-corrected chi connectivity index (χ1v) is 7.36. The van der Waals surface area contributed by atoms with E-state index in [9.17, 15) is 4.79 Å². The van der Waals surface area contributed by atoms with Gasteiger partial charge in [-0.25, -0.2) is 9.97 Å². The molecular weight excluding hydrogens is 274 g/mol. The van der Waals surface area contributed by atoms with Gasteiger partial charge in [-0.2, -0.15) is 4.37 Å². The zero-order valence-corrected chi connectivity index (χ0v) is 12.5. The largest absolute Gasteiger partial charge is 0.348 e. The molecule has 1 aliphatic carbocycles. The molecule has 2 aromatic rings. The van der Waals surface area contributed by atoms with Crippen LogP contribution in [0.2, 0.25) is 0 Å². The van der Waals surface area contributed by atoms with Crippen LogP contribution in [0.1, 0.15) is 44.6 Å². The summed E-state index contributed by atoms with van der Waals surface area (Å²) in [5.74, 6) is 1.05. The second-order valence-electron chi connectivity index (χ2n) is 6.12. The SMILES string of the molecule is CC(C)(C)c1nsc(NC(=O)[C@@H]2C[C@H]2c2cnc[nH]2)n1. The Morgan fingerprint density at radius 1 is 1.50 bits per heavy atom.